The van der Waals surface area contributed by atoms with Gasteiger partial charge in [0, 0.05) is 12.2 Å². The Morgan fingerprint density at radius 3 is 2.45 bits per heavy atom. The lowest BCUT2D eigenvalue weighted by Gasteiger charge is -2.21. The predicted octanol–water partition coefficient (Wildman–Crippen LogP) is 4.75. The van der Waals surface area contributed by atoms with Crippen molar-refractivity contribution in [2.75, 3.05) is 0 Å². The Bertz CT molecular complexity index is 644. The second kappa shape index (κ2) is 4.60. The minimum atomic E-state index is -0.108. The van der Waals surface area contributed by atoms with Gasteiger partial charge in [-0.15, -0.1) is 11.6 Å². The maximum absolute atomic E-state index is 6.37. The molecule has 2 heterocycles. The molecular formula is C15H17Cl2N3. The van der Waals surface area contributed by atoms with Crippen molar-refractivity contribution in [1.29, 1.82) is 0 Å². The zero-order chi connectivity index (χ0) is 13.9. The molecule has 0 radical (unpaired) electrons. The number of alkyl halides is 1. The first-order chi connectivity index (χ1) is 9.65. The van der Waals surface area contributed by atoms with Crippen LogP contribution in [0.25, 0.3) is 11.2 Å². The van der Waals surface area contributed by atoms with Crippen LogP contribution in [0, 0.1) is 11.8 Å². The molecule has 4 rings (SSSR count). The highest BCUT2D eigenvalue weighted by atomic mass is 35.5. The van der Waals surface area contributed by atoms with Crippen LogP contribution in [0.2, 0.25) is 5.02 Å². The lowest BCUT2D eigenvalue weighted by atomic mass is 10.1. The first kappa shape index (κ1) is 12.9. The SMILES string of the molecule is CC(Cl)c1nc2cc(Cl)cnc2n1C(C1CC1)C1CC1. The molecule has 20 heavy (non-hydrogen) atoms. The molecular weight excluding hydrogens is 293 g/mol. The van der Waals surface area contributed by atoms with Gasteiger partial charge in [0.2, 0.25) is 0 Å². The minimum Gasteiger partial charge on any atom is -0.308 e. The number of nitrogens with zero attached hydrogens (tertiary/aromatic N) is 3. The van der Waals surface area contributed by atoms with Crippen molar-refractivity contribution in [3.8, 4) is 0 Å². The molecule has 0 aromatic carbocycles. The second-order valence-corrected chi connectivity index (χ2v) is 7.21. The van der Waals surface area contributed by atoms with Crippen molar-refractivity contribution in [3.63, 3.8) is 0 Å². The van der Waals surface area contributed by atoms with Crippen molar-refractivity contribution in [1.82, 2.24) is 14.5 Å². The Morgan fingerprint density at radius 2 is 1.90 bits per heavy atom. The largest absolute Gasteiger partial charge is 0.308 e. The molecule has 3 nitrogen and oxygen atoms in total. The first-order valence-electron chi connectivity index (χ1n) is 7.32. The summed E-state index contributed by atoms with van der Waals surface area (Å²) in [6.07, 6.45) is 7.01. The highest BCUT2D eigenvalue weighted by Gasteiger charge is 2.44. The number of hydrogen-bond donors (Lipinski definition) is 0. The van der Waals surface area contributed by atoms with E-state index in [9.17, 15) is 0 Å². The van der Waals surface area contributed by atoms with Crippen molar-refractivity contribution in [2.24, 2.45) is 11.8 Å². The van der Waals surface area contributed by atoms with Gasteiger partial charge >= 0.3 is 0 Å². The van der Waals surface area contributed by atoms with Crippen LogP contribution < -0.4 is 0 Å². The van der Waals surface area contributed by atoms with E-state index in [2.05, 4.69) is 9.55 Å². The molecule has 1 atom stereocenters. The van der Waals surface area contributed by atoms with Gasteiger partial charge in [-0.1, -0.05) is 11.6 Å². The molecule has 0 bridgehead atoms. The van der Waals surface area contributed by atoms with Crippen LogP contribution in [-0.2, 0) is 0 Å². The highest BCUT2D eigenvalue weighted by Crippen LogP contribution is 2.53. The van der Waals surface area contributed by atoms with Gasteiger partial charge in [-0.3, -0.25) is 0 Å². The molecule has 2 aliphatic carbocycles. The monoisotopic (exact) mass is 309 g/mol. The molecule has 2 aliphatic rings. The third-order valence-corrected chi connectivity index (χ3v) is 4.79. The van der Waals surface area contributed by atoms with E-state index in [1.165, 1.54) is 25.7 Å². The predicted molar refractivity (Wildman–Crippen MR) is 81.3 cm³/mol. The van der Waals surface area contributed by atoms with E-state index in [1.54, 1.807) is 6.20 Å². The molecule has 106 valence electrons. The molecule has 0 N–H and O–H groups in total. The van der Waals surface area contributed by atoms with E-state index in [1.807, 2.05) is 13.0 Å². The minimum absolute atomic E-state index is 0.108. The maximum atomic E-state index is 6.37. The van der Waals surface area contributed by atoms with Crippen LogP contribution in [-0.4, -0.2) is 14.5 Å². The smallest absolute Gasteiger partial charge is 0.160 e. The molecule has 2 saturated carbocycles. The maximum Gasteiger partial charge on any atom is 0.160 e. The third kappa shape index (κ3) is 2.11. The normalized spacial score (nSPS) is 20.8. The van der Waals surface area contributed by atoms with E-state index in [4.69, 9.17) is 28.2 Å². The van der Waals surface area contributed by atoms with E-state index >= 15 is 0 Å². The highest BCUT2D eigenvalue weighted by molar-refractivity contribution is 6.31. The number of halogens is 2. The lowest BCUT2D eigenvalue weighted by molar-refractivity contribution is 0.390. The molecule has 1 unspecified atom stereocenters. The zero-order valence-corrected chi connectivity index (χ0v) is 12.9. The second-order valence-electron chi connectivity index (χ2n) is 6.12. The standard InChI is InChI=1S/C15H17Cl2N3/c1-8(16)14-19-12-6-11(17)7-18-15(12)20(14)13(9-2-3-9)10-4-5-10/h6-10,13H,2-5H2,1H3. The molecule has 5 heteroatoms. The summed E-state index contributed by atoms with van der Waals surface area (Å²) in [5.41, 5.74) is 1.81. The Labute approximate surface area is 128 Å². The van der Waals surface area contributed by atoms with E-state index in [-0.39, 0.29) is 5.38 Å². The van der Waals surface area contributed by atoms with Gasteiger partial charge in [0.15, 0.2) is 5.65 Å². The fourth-order valence-corrected chi connectivity index (χ4v) is 3.54. The van der Waals surface area contributed by atoms with Crippen molar-refractivity contribution in [2.45, 2.75) is 44.0 Å². The molecule has 0 amide bonds. The molecule has 2 aromatic heterocycles. The lowest BCUT2D eigenvalue weighted by Crippen LogP contribution is -2.17. The van der Waals surface area contributed by atoms with Gasteiger partial charge in [0.05, 0.1) is 10.4 Å². The summed E-state index contributed by atoms with van der Waals surface area (Å²) in [6, 6.07) is 2.42. The zero-order valence-electron chi connectivity index (χ0n) is 11.4. The van der Waals surface area contributed by atoms with Crippen molar-refractivity contribution < 1.29 is 0 Å². The van der Waals surface area contributed by atoms with Crippen LogP contribution in [0.15, 0.2) is 12.3 Å². The summed E-state index contributed by atoms with van der Waals surface area (Å²) < 4.78 is 2.32. The average molecular weight is 310 g/mol. The molecule has 2 aromatic rings. The van der Waals surface area contributed by atoms with Gasteiger partial charge < -0.3 is 4.57 Å². The third-order valence-electron chi connectivity index (χ3n) is 4.39. The fourth-order valence-electron chi connectivity index (χ4n) is 3.23. The van der Waals surface area contributed by atoms with Gasteiger partial charge in [-0.05, 0) is 50.5 Å². The topological polar surface area (TPSA) is 30.7 Å². The van der Waals surface area contributed by atoms with Crippen LogP contribution >= 0.6 is 23.2 Å². The summed E-state index contributed by atoms with van der Waals surface area (Å²) >= 11 is 12.4. The Kier molecular flexibility index (Phi) is 2.97. The van der Waals surface area contributed by atoms with E-state index in [0.29, 0.717) is 11.1 Å². The molecule has 0 saturated heterocycles. The summed E-state index contributed by atoms with van der Waals surface area (Å²) in [5.74, 6) is 2.51. The van der Waals surface area contributed by atoms with Gasteiger partial charge in [0.25, 0.3) is 0 Å². The van der Waals surface area contributed by atoms with E-state index < -0.39 is 0 Å². The van der Waals surface area contributed by atoms with E-state index in [0.717, 1.165) is 28.8 Å². The number of imidazole rings is 1. The molecule has 0 aliphatic heterocycles. The summed E-state index contributed by atoms with van der Waals surface area (Å²) in [4.78, 5) is 9.23. The van der Waals surface area contributed by atoms with Gasteiger partial charge in [-0.2, -0.15) is 0 Å². The van der Waals surface area contributed by atoms with Crippen molar-refractivity contribution in [3.05, 3.63) is 23.1 Å². The van der Waals surface area contributed by atoms with Crippen LogP contribution in [0.4, 0.5) is 0 Å². The molecule has 2 fully saturated rings. The number of hydrogen-bond acceptors (Lipinski definition) is 2. The Morgan fingerprint density at radius 1 is 1.25 bits per heavy atom. The summed E-state index contributed by atoms with van der Waals surface area (Å²) in [5, 5.41) is 0.522. The average Bonchev–Trinajstić information content (AvgIpc) is 3.28. The Hall–Kier alpha value is -0.800. The number of rotatable bonds is 4. The van der Waals surface area contributed by atoms with Crippen LogP contribution in [0.3, 0.4) is 0 Å². The van der Waals surface area contributed by atoms with Crippen LogP contribution in [0.1, 0.15) is 49.9 Å². The van der Waals surface area contributed by atoms with Crippen LogP contribution in [0.5, 0.6) is 0 Å². The summed E-state index contributed by atoms with van der Waals surface area (Å²) in [6.45, 7) is 1.98. The van der Waals surface area contributed by atoms with Crippen molar-refractivity contribution >= 4 is 34.4 Å². The quantitative estimate of drug-likeness (QED) is 0.763. The fraction of sp³-hybridized carbons (Fsp3) is 0.600. The number of aromatic nitrogens is 3. The summed E-state index contributed by atoms with van der Waals surface area (Å²) in [7, 11) is 0. The first-order valence-corrected chi connectivity index (χ1v) is 8.14. The van der Waals surface area contributed by atoms with Gasteiger partial charge in [-0.25, -0.2) is 9.97 Å². The van der Waals surface area contributed by atoms with Gasteiger partial charge in [0.1, 0.15) is 11.3 Å². The number of fused-ring (bicyclic) bond motifs is 1. The molecule has 0 spiro atoms. The Balaban J connectivity index is 1.92. The number of pyridine rings is 1.